The summed E-state index contributed by atoms with van der Waals surface area (Å²) in [5.74, 6) is 1.38. The molecule has 1 heterocycles. The number of nitrogens with two attached hydrogens (primary N) is 1. The third-order valence-electron chi connectivity index (χ3n) is 2.24. The van der Waals surface area contributed by atoms with Crippen molar-refractivity contribution in [1.29, 1.82) is 0 Å². The topological polar surface area (TPSA) is 61.6 Å². The second-order valence-corrected chi connectivity index (χ2v) is 3.32. The molecule has 1 aliphatic rings. The maximum absolute atomic E-state index is 11.6. The van der Waals surface area contributed by atoms with E-state index in [1.807, 2.05) is 0 Å². The summed E-state index contributed by atoms with van der Waals surface area (Å²) in [6, 6.07) is 5.22. The molecule has 80 valence electrons. The van der Waals surface area contributed by atoms with E-state index < -0.39 is 0 Å². The molecule has 0 unspecified atom stereocenters. The fourth-order valence-corrected chi connectivity index (χ4v) is 1.49. The van der Waals surface area contributed by atoms with E-state index in [1.54, 1.807) is 18.2 Å². The van der Waals surface area contributed by atoms with Gasteiger partial charge >= 0.3 is 0 Å². The van der Waals surface area contributed by atoms with Crippen molar-refractivity contribution in [1.82, 2.24) is 0 Å². The lowest BCUT2D eigenvalue weighted by atomic mass is 10.1. The summed E-state index contributed by atoms with van der Waals surface area (Å²) in [6.45, 7) is 1.46. The zero-order chi connectivity index (χ0) is 10.7. The zero-order valence-electron chi connectivity index (χ0n) is 8.36. The van der Waals surface area contributed by atoms with E-state index in [0.717, 1.165) is 0 Å². The van der Waals surface area contributed by atoms with Gasteiger partial charge in [-0.2, -0.15) is 0 Å². The standard InChI is InChI=1S/C11H13NO3/c12-4-3-9(13)8-1-2-10-11(7-8)15-6-5-14-10/h1-2,7H,3-6,12H2. The van der Waals surface area contributed by atoms with Gasteiger partial charge in [-0.05, 0) is 24.7 Å². The van der Waals surface area contributed by atoms with Gasteiger partial charge in [0.05, 0.1) is 0 Å². The summed E-state index contributed by atoms with van der Waals surface area (Å²) < 4.78 is 10.7. The van der Waals surface area contributed by atoms with Gasteiger partial charge in [-0.1, -0.05) is 0 Å². The van der Waals surface area contributed by atoms with Crippen LogP contribution in [0.15, 0.2) is 18.2 Å². The van der Waals surface area contributed by atoms with Crippen LogP contribution in [0.1, 0.15) is 16.8 Å². The summed E-state index contributed by atoms with van der Waals surface area (Å²) in [5, 5.41) is 0. The molecule has 0 radical (unpaired) electrons. The normalized spacial score (nSPS) is 13.7. The molecular weight excluding hydrogens is 194 g/mol. The number of Topliss-reactive ketones (excluding diaryl/α,β-unsaturated/α-hetero) is 1. The van der Waals surface area contributed by atoms with E-state index in [-0.39, 0.29) is 5.78 Å². The summed E-state index contributed by atoms with van der Waals surface area (Å²) in [6.07, 6.45) is 0.361. The Morgan fingerprint density at radius 1 is 1.27 bits per heavy atom. The molecule has 0 fully saturated rings. The Labute approximate surface area is 88.0 Å². The average Bonchev–Trinajstić information content (AvgIpc) is 2.29. The Morgan fingerprint density at radius 2 is 2.00 bits per heavy atom. The first-order valence-electron chi connectivity index (χ1n) is 4.94. The fourth-order valence-electron chi connectivity index (χ4n) is 1.49. The van der Waals surface area contributed by atoms with Gasteiger partial charge in [0.25, 0.3) is 0 Å². The number of hydrogen-bond acceptors (Lipinski definition) is 4. The highest BCUT2D eigenvalue weighted by molar-refractivity contribution is 5.96. The highest BCUT2D eigenvalue weighted by Gasteiger charge is 2.14. The van der Waals surface area contributed by atoms with Crippen LogP contribution in [0.5, 0.6) is 11.5 Å². The molecule has 2 N–H and O–H groups in total. The lowest BCUT2D eigenvalue weighted by molar-refractivity contribution is 0.0984. The van der Waals surface area contributed by atoms with Crippen LogP contribution in [-0.4, -0.2) is 25.5 Å². The van der Waals surface area contributed by atoms with Gasteiger partial charge in [-0.3, -0.25) is 4.79 Å². The molecule has 2 rings (SSSR count). The minimum absolute atomic E-state index is 0.0365. The van der Waals surface area contributed by atoms with Crippen molar-refractivity contribution in [3.8, 4) is 11.5 Å². The van der Waals surface area contributed by atoms with Crippen LogP contribution < -0.4 is 15.2 Å². The predicted octanol–water partition coefficient (Wildman–Crippen LogP) is 0.989. The second-order valence-electron chi connectivity index (χ2n) is 3.32. The van der Waals surface area contributed by atoms with Crippen LogP contribution in [0.4, 0.5) is 0 Å². The second kappa shape index (κ2) is 4.31. The van der Waals surface area contributed by atoms with Crippen LogP contribution in [0.2, 0.25) is 0 Å². The minimum atomic E-state index is 0.0365. The number of benzene rings is 1. The SMILES string of the molecule is NCCC(=O)c1ccc2c(c1)OCCO2. The molecule has 0 saturated carbocycles. The molecule has 1 aromatic carbocycles. The Kier molecular flexibility index (Phi) is 2.87. The number of fused-ring (bicyclic) bond motifs is 1. The molecular formula is C11H13NO3. The van der Waals surface area contributed by atoms with E-state index in [9.17, 15) is 4.79 Å². The van der Waals surface area contributed by atoms with Gasteiger partial charge in [-0.15, -0.1) is 0 Å². The Morgan fingerprint density at radius 3 is 2.73 bits per heavy atom. The molecule has 1 aliphatic heterocycles. The predicted molar refractivity (Wildman–Crippen MR) is 55.4 cm³/mol. The maximum atomic E-state index is 11.6. The maximum Gasteiger partial charge on any atom is 0.164 e. The van der Waals surface area contributed by atoms with Crippen molar-refractivity contribution in [2.45, 2.75) is 6.42 Å². The molecule has 0 amide bonds. The molecule has 0 spiro atoms. The molecule has 0 saturated heterocycles. The smallest absolute Gasteiger partial charge is 0.164 e. The summed E-state index contributed by atoms with van der Waals surface area (Å²) >= 11 is 0. The van der Waals surface area contributed by atoms with E-state index in [0.29, 0.717) is 43.2 Å². The van der Waals surface area contributed by atoms with Crippen LogP contribution >= 0.6 is 0 Å². The number of ketones is 1. The summed E-state index contributed by atoms with van der Waals surface area (Å²) in [7, 11) is 0. The average molecular weight is 207 g/mol. The Bertz CT molecular complexity index is 376. The van der Waals surface area contributed by atoms with Crippen molar-refractivity contribution in [2.24, 2.45) is 5.73 Å². The van der Waals surface area contributed by atoms with Crippen molar-refractivity contribution < 1.29 is 14.3 Å². The van der Waals surface area contributed by atoms with Crippen molar-refractivity contribution >= 4 is 5.78 Å². The lowest BCUT2D eigenvalue weighted by Crippen LogP contribution is -2.16. The van der Waals surface area contributed by atoms with Crippen molar-refractivity contribution in [2.75, 3.05) is 19.8 Å². The first kappa shape index (κ1) is 9.98. The molecule has 4 heteroatoms. The van der Waals surface area contributed by atoms with Gasteiger partial charge in [0.1, 0.15) is 13.2 Å². The van der Waals surface area contributed by atoms with Crippen molar-refractivity contribution in [3.05, 3.63) is 23.8 Å². The van der Waals surface area contributed by atoms with Gasteiger partial charge in [0.2, 0.25) is 0 Å². The largest absolute Gasteiger partial charge is 0.486 e. The van der Waals surface area contributed by atoms with Gasteiger partial charge < -0.3 is 15.2 Å². The number of carbonyl (C=O) groups is 1. The van der Waals surface area contributed by atoms with E-state index in [2.05, 4.69) is 0 Å². The fraction of sp³-hybridized carbons (Fsp3) is 0.364. The molecule has 15 heavy (non-hydrogen) atoms. The quantitative estimate of drug-likeness (QED) is 0.751. The molecule has 0 aliphatic carbocycles. The van der Waals surface area contributed by atoms with Crippen LogP contribution in [-0.2, 0) is 0 Å². The third-order valence-corrected chi connectivity index (χ3v) is 2.24. The third kappa shape index (κ3) is 2.10. The number of rotatable bonds is 3. The van der Waals surface area contributed by atoms with Crippen molar-refractivity contribution in [3.63, 3.8) is 0 Å². The van der Waals surface area contributed by atoms with Gasteiger partial charge in [0, 0.05) is 12.0 Å². The molecule has 1 aromatic rings. The van der Waals surface area contributed by atoms with E-state index in [4.69, 9.17) is 15.2 Å². The van der Waals surface area contributed by atoms with E-state index >= 15 is 0 Å². The monoisotopic (exact) mass is 207 g/mol. The van der Waals surface area contributed by atoms with E-state index in [1.165, 1.54) is 0 Å². The minimum Gasteiger partial charge on any atom is -0.486 e. The molecule has 0 aromatic heterocycles. The highest BCUT2D eigenvalue weighted by atomic mass is 16.6. The number of carbonyl (C=O) groups excluding carboxylic acids is 1. The van der Waals surface area contributed by atoms with Crippen LogP contribution in [0, 0.1) is 0 Å². The molecule has 0 atom stereocenters. The number of hydrogen-bond donors (Lipinski definition) is 1. The first-order chi connectivity index (χ1) is 7.31. The number of ether oxygens (including phenoxy) is 2. The first-order valence-corrected chi connectivity index (χ1v) is 4.94. The Hall–Kier alpha value is -1.55. The highest BCUT2D eigenvalue weighted by Crippen LogP contribution is 2.30. The summed E-state index contributed by atoms with van der Waals surface area (Å²) in [5.41, 5.74) is 5.96. The molecule has 0 bridgehead atoms. The van der Waals surface area contributed by atoms with Crippen LogP contribution in [0.25, 0.3) is 0 Å². The van der Waals surface area contributed by atoms with Crippen LogP contribution in [0.3, 0.4) is 0 Å². The zero-order valence-corrected chi connectivity index (χ0v) is 8.36. The molecule has 4 nitrogen and oxygen atoms in total. The lowest BCUT2D eigenvalue weighted by Gasteiger charge is -2.18. The summed E-state index contributed by atoms with van der Waals surface area (Å²) in [4.78, 5) is 11.6. The van der Waals surface area contributed by atoms with Gasteiger partial charge in [0.15, 0.2) is 17.3 Å². The Balaban J connectivity index is 2.24. The van der Waals surface area contributed by atoms with Gasteiger partial charge in [-0.25, -0.2) is 0 Å².